The van der Waals surface area contributed by atoms with Crippen molar-refractivity contribution in [1.82, 2.24) is 0 Å². The molecule has 0 aromatic carbocycles. The highest BCUT2D eigenvalue weighted by atomic mass is 16.7. The van der Waals surface area contributed by atoms with Crippen LogP contribution in [0, 0.1) is 0 Å². The molecule has 0 bridgehead atoms. The number of rotatable bonds is 7. The van der Waals surface area contributed by atoms with Crippen molar-refractivity contribution in [3.05, 3.63) is 12.2 Å². The number of hydrogen-bond acceptors (Lipinski definition) is 5. The molecule has 0 spiro atoms. The van der Waals surface area contributed by atoms with Crippen LogP contribution in [0.3, 0.4) is 0 Å². The van der Waals surface area contributed by atoms with Gasteiger partial charge in [-0.15, -0.1) is 0 Å². The molecule has 1 fully saturated rings. The van der Waals surface area contributed by atoms with Gasteiger partial charge in [0.15, 0.2) is 5.79 Å². The van der Waals surface area contributed by atoms with Crippen molar-refractivity contribution in [3.8, 4) is 0 Å². The molecule has 0 amide bonds. The van der Waals surface area contributed by atoms with Crippen LogP contribution in [0.2, 0.25) is 0 Å². The monoisotopic (exact) mass is 314 g/mol. The van der Waals surface area contributed by atoms with Gasteiger partial charge in [-0.3, -0.25) is 0 Å². The van der Waals surface area contributed by atoms with Crippen molar-refractivity contribution in [2.45, 2.75) is 83.9 Å². The van der Waals surface area contributed by atoms with Gasteiger partial charge in [0.2, 0.25) is 0 Å². The van der Waals surface area contributed by atoms with Crippen LogP contribution in [0.1, 0.15) is 60.8 Å². The van der Waals surface area contributed by atoms with Crippen LogP contribution in [-0.2, 0) is 19.0 Å². The average Bonchev–Trinajstić information content (AvgIpc) is 2.62. The summed E-state index contributed by atoms with van der Waals surface area (Å²) in [5.41, 5.74) is -0.627. The Kier molecular flexibility index (Phi) is 5.82. The van der Waals surface area contributed by atoms with Crippen molar-refractivity contribution in [2.75, 3.05) is 6.61 Å². The summed E-state index contributed by atoms with van der Waals surface area (Å²) in [7, 11) is 0. The number of aliphatic hydroxyl groups is 1. The van der Waals surface area contributed by atoms with E-state index in [0.29, 0.717) is 25.0 Å². The number of esters is 1. The van der Waals surface area contributed by atoms with Crippen LogP contribution >= 0.6 is 0 Å². The second-order valence-electron chi connectivity index (χ2n) is 7.20. The van der Waals surface area contributed by atoms with Crippen molar-refractivity contribution >= 4 is 5.97 Å². The normalized spacial score (nSPS) is 32.3. The van der Waals surface area contributed by atoms with E-state index in [1.807, 2.05) is 27.7 Å². The summed E-state index contributed by atoms with van der Waals surface area (Å²) in [5.74, 6) is -1.54. The smallest absolute Gasteiger partial charge is 0.333 e. The summed E-state index contributed by atoms with van der Waals surface area (Å²) < 4.78 is 17.0. The molecule has 0 radical (unpaired) electrons. The lowest BCUT2D eigenvalue weighted by Crippen LogP contribution is -2.44. The highest BCUT2D eigenvalue weighted by Gasteiger charge is 2.47. The predicted octanol–water partition coefficient (Wildman–Crippen LogP) is 2.96. The van der Waals surface area contributed by atoms with E-state index in [4.69, 9.17) is 14.2 Å². The van der Waals surface area contributed by atoms with Gasteiger partial charge in [-0.05, 0) is 41.0 Å². The summed E-state index contributed by atoms with van der Waals surface area (Å²) in [4.78, 5) is 11.6. The second kappa shape index (κ2) is 6.69. The van der Waals surface area contributed by atoms with Crippen LogP contribution < -0.4 is 0 Å². The Balaban J connectivity index is 2.68. The largest absolute Gasteiger partial charge is 0.459 e. The van der Waals surface area contributed by atoms with E-state index < -0.39 is 17.0 Å². The van der Waals surface area contributed by atoms with Crippen molar-refractivity contribution in [2.24, 2.45) is 0 Å². The molecule has 0 aliphatic carbocycles. The molecule has 1 N–H and O–H groups in total. The molecule has 5 heteroatoms. The SMILES string of the molecule is C=C(C)C(=O)OC(C)CC(C)(CC)OC1(C)COC(C)(O)C1. The van der Waals surface area contributed by atoms with E-state index in [1.54, 1.807) is 13.8 Å². The van der Waals surface area contributed by atoms with Crippen LogP contribution in [0.4, 0.5) is 0 Å². The van der Waals surface area contributed by atoms with Crippen LogP contribution in [-0.4, -0.2) is 40.8 Å². The summed E-state index contributed by atoms with van der Waals surface area (Å²) in [6.45, 7) is 15.0. The molecule has 5 nitrogen and oxygen atoms in total. The average molecular weight is 314 g/mol. The summed E-state index contributed by atoms with van der Waals surface area (Å²) in [6, 6.07) is 0. The van der Waals surface area contributed by atoms with Crippen LogP contribution in [0.15, 0.2) is 12.2 Å². The first-order valence-electron chi connectivity index (χ1n) is 7.83. The Bertz CT molecular complexity index is 431. The lowest BCUT2D eigenvalue weighted by Gasteiger charge is -2.38. The molecule has 22 heavy (non-hydrogen) atoms. The zero-order valence-corrected chi connectivity index (χ0v) is 14.7. The van der Waals surface area contributed by atoms with Gasteiger partial charge in [-0.25, -0.2) is 4.79 Å². The maximum Gasteiger partial charge on any atom is 0.333 e. The zero-order valence-electron chi connectivity index (χ0n) is 14.7. The minimum Gasteiger partial charge on any atom is -0.459 e. The molecule has 0 aromatic heterocycles. The van der Waals surface area contributed by atoms with Crippen molar-refractivity contribution < 1.29 is 24.1 Å². The van der Waals surface area contributed by atoms with Gasteiger partial charge in [-0.2, -0.15) is 0 Å². The van der Waals surface area contributed by atoms with Gasteiger partial charge >= 0.3 is 5.97 Å². The second-order valence-corrected chi connectivity index (χ2v) is 7.20. The maximum absolute atomic E-state index is 11.6. The van der Waals surface area contributed by atoms with Gasteiger partial charge < -0.3 is 19.3 Å². The standard InChI is InChI=1S/C17H30O5/c1-8-15(5,9-13(4)21-14(18)12(2)3)22-16(6)10-17(7,19)20-11-16/h13,19H,2,8-11H2,1,3-7H3. The first kappa shape index (κ1) is 19.1. The van der Waals surface area contributed by atoms with Crippen LogP contribution in [0.25, 0.3) is 0 Å². The minimum atomic E-state index is -1.15. The van der Waals surface area contributed by atoms with Gasteiger partial charge in [-0.1, -0.05) is 13.5 Å². The molecule has 1 rings (SSSR count). The highest BCUT2D eigenvalue weighted by Crippen LogP contribution is 2.38. The number of carbonyl (C=O) groups excluding carboxylic acids is 1. The zero-order chi connectivity index (χ0) is 17.2. The molecule has 0 aromatic rings. The van der Waals surface area contributed by atoms with E-state index in [0.717, 1.165) is 6.42 Å². The molecule has 1 aliphatic heterocycles. The Labute approximate surface area is 133 Å². The number of carbonyl (C=O) groups is 1. The lowest BCUT2D eigenvalue weighted by molar-refractivity contribution is -0.165. The fourth-order valence-electron chi connectivity index (χ4n) is 2.96. The molecule has 4 unspecified atom stereocenters. The van der Waals surface area contributed by atoms with Gasteiger partial charge in [0, 0.05) is 18.4 Å². The maximum atomic E-state index is 11.6. The third kappa shape index (κ3) is 5.38. The summed E-state index contributed by atoms with van der Waals surface area (Å²) in [5, 5.41) is 9.98. The molecular weight excluding hydrogens is 284 g/mol. The summed E-state index contributed by atoms with van der Waals surface area (Å²) >= 11 is 0. The fraction of sp³-hybridized carbons (Fsp3) is 0.824. The van der Waals surface area contributed by atoms with Crippen LogP contribution in [0.5, 0.6) is 0 Å². The number of ether oxygens (including phenoxy) is 3. The third-order valence-electron chi connectivity index (χ3n) is 4.01. The third-order valence-corrected chi connectivity index (χ3v) is 4.01. The molecular formula is C17H30O5. The quantitative estimate of drug-likeness (QED) is 0.578. The predicted molar refractivity (Wildman–Crippen MR) is 84.4 cm³/mol. The first-order valence-corrected chi connectivity index (χ1v) is 7.83. The first-order chi connectivity index (χ1) is 9.90. The Morgan fingerprint density at radius 3 is 2.50 bits per heavy atom. The van der Waals surface area contributed by atoms with Gasteiger partial charge in [0.05, 0.1) is 17.8 Å². The van der Waals surface area contributed by atoms with E-state index in [1.165, 1.54) is 0 Å². The fourth-order valence-corrected chi connectivity index (χ4v) is 2.96. The van der Waals surface area contributed by atoms with Crippen molar-refractivity contribution in [1.29, 1.82) is 0 Å². The minimum absolute atomic E-state index is 0.277. The topological polar surface area (TPSA) is 65.0 Å². The van der Waals surface area contributed by atoms with Gasteiger partial charge in [0.1, 0.15) is 6.10 Å². The molecule has 4 atom stereocenters. The molecule has 0 saturated carbocycles. The van der Waals surface area contributed by atoms with Crippen molar-refractivity contribution in [3.63, 3.8) is 0 Å². The Morgan fingerprint density at radius 1 is 1.50 bits per heavy atom. The Hall–Kier alpha value is -0.910. The summed E-state index contributed by atoms with van der Waals surface area (Å²) in [6.07, 6.45) is 1.47. The Morgan fingerprint density at radius 2 is 2.09 bits per heavy atom. The van der Waals surface area contributed by atoms with E-state index in [9.17, 15) is 9.90 Å². The van der Waals surface area contributed by atoms with E-state index in [2.05, 4.69) is 6.58 Å². The molecule has 1 saturated heterocycles. The molecule has 128 valence electrons. The lowest BCUT2D eigenvalue weighted by atomic mass is 9.92. The van der Waals surface area contributed by atoms with E-state index >= 15 is 0 Å². The van der Waals surface area contributed by atoms with Gasteiger partial charge in [0.25, 0.3) is 0 Å². The number of hydrogen-bond donors (Lipinski definition) is 1. The molecule has 1 heterocycles. The highest BCUT2D eigenvalue weighted by molar-refractivity contribution is 5.87. The molecule has 1 aliphatic rings. The van der Waals surface area contributed by atoms with E-state index in [-0.39, 0.29) is 12.1 Å².